The van der Waals surface area contributed by atoms with Gasteiger partial charge in [0.15, 0.2) is 0 Å². The number of carbonyl (C=O) groups excluding carboxylic acids is 1. The van der Waals surface area contributed by atoms with E-state index in [2.05, 4.69) is 0 Å². The summed E-state index contributed by atoms with van der Waals surface area (Å²) in [6.07, 6.45) is -1.00. The average molecular weight is 295 g/mol. The van der Waals surface area contributed by atoms with Gasteiger partial charge in [0.05, 0.1) is 30.6 Å². The summed E-state index contributed by atoms with van der Waals surface area (Å²) in [6.45, 7) is 0.169. The fourth-order valence-corrected chi connectivity index (χ4v) is 2.74. The van der Waals surface area contributed by atoms with Crippen LogP contribution in [0.2, 0.25) is 0 Å². The summed E-state index contributed by atoms with van der Waals surface area (Å²) in [6, 6.07) is -0.853. The van der Waals surface area contributed by atoms with E-state index in [4.69, 9.17) is 9.47 Å². The zero-order valence-corrected chi connectivity index (χ0v) is 11.9. The van der Waals surface area contributed by atoms with Crippen LogP contribution in [0, 0.1) is 0 Å². The third-order valence-electron chi connectivity index (χ3n) is 3.14. The number of thioether (sulfide) groups is 1. The van der Waals surface area contributed by atoms with E-state index in [0.717, 1.165) is 0 Å². The summed E-state index contributed by atoms with van der Waals surface area (Å²) in [5.74, 6) is 0. The molecule has 0 bridgehead atoms. The van der Waals surface area contributed by atoms with Crippen LogP contribution in [0.25, 0.3) is 0 Å². The van der Waals surface area contributed by atoms with Crippen LogP contribution < -0.4 is 0 Å². The molecule has 19 heavy (non-hydrogen) atoms. The van der Waals surface area contributed by atoms with E-state index < -0.39 is 30.9 Å². The van der Waals surface area contributed by atoms with Crippen LogP contribution in [0.1, 0.15) is 0 Å². The van der Waals surface area contributed by atoms with Gasteiger partial charge in [0.2, 0.25) is 0 Å². The molecule has 0 aromatic rings. The molecule has 1 rings (SSSR count). The van der Waals surface area contributed by atoms with Crippen LogP contribution in [0.4, 0.5) is 4.79 Å². The average Bonchev–Trinajstić information content (AvgIpc) is 2.41. The van der Waals surface area contributed by atoms with E-state index in [0.29, 0.717) is 0 Å². The fourth-order valence-electron chi connectivity index (χ4n) is 1.99. The number of hydrogen-bond acceptors (Lipinski definition) is 7. The molecule has 8 heteroatoms. The van der Waals surface area contributed by atoms with Gasteiger partial charge in [-0.25, -0.2) is 4.79 Å². The van der Waals surface area contributed by atoms with E-state index in [9.17, 15) is 20.1 Å². The van der Waals surface area contributed by atoms with E-state index in [1.165, 1.54) is 23.8 Å². The van der Waals surface area contributed by atoms with E-state index in [1.807, 2.05) is 0 Å². The van der Waals surface area contributed by atoms with E-state index in [1.54, 1.807) is 6.26 Å². The number of aliphatic hydroxyl groups is 3. The molecule has 0 spiro atoms. The van der Waals surface area contributed by atoms with Gasteiger partial charge in [0, 0.05) is 13.7 Å². The summed E-state index contributed by atoms with van der Waals surface area (Å²) >= 11 is 1.35. The molecule has 7 nitrogen and oxygen atoms in total. The van der Waals surface area contributed by atoms with Gasteiger partial charge in [-0.2, -0.15) is 11.8 Å². The second-order valence-corrected chi connectivity index (χ2v) is 5.34. The van der Waals surface area contributed by atoms with Gasteiger partial charge in [0.1, 0.15) is 12.7 Å². The lowest BCUT2D eigenvalue weighted by Crippen LogP contribution is -2.63. The number of likely N-dealkylation sites (tertiary alicyclic amines) is 1. The third-order valence-corrected chi connectivity index (χ3v) is 4.17. The minimum absolute atomic E-state index is 0.104. The van der Waals surface area contributed by atoms with Crippen LogP contribution >= 0.6 is 11.8 Å². The lowest BCUT2D eigenvalue weighted by Gasteiger charge is -2.43. The van der Waals surface area contributed by atoms with Crippen LogP contribution in [0.3, 0.4) is 0 Å². The van der Waals surface area contributed by atoms with Crippen LogP contribution in [-0.2, 0) is 9.47 Å². The van der Waals surface area contributed by atoms with Gasteiger partial charge in [-0.1, -0.05) is 0 Å². The van der Waals surface area contributed by atoms with Crippen molar-refractivity contribution in [2.24, 2.45) is 0 Å². The van der Waals surface area contributed by atoms with E-state index in [-0.39, 0.29) is 25.0 Å². The Balaban J connectivity index is 2.69. The molecule has 4 atom stereocenters. The summed E-state index contributed by atoms with van der Waals surface area (Å²) in [5, 5.41) is 28.8. The molecule has 0 aliphatic carbocycles. The smallest absolute Gasteiger partial charge is 0.410 e. The number of piperidine rings is 1. The first kappa shape index (κ1) is 16.5. The number of ether oxygens (including phenoxy) is 2. The number of aliphatic hydroxyl groups excluding tert-OH is 3. The number of hydrogen-bond donors (Lipinski definition) is 3. The highest BCUT2D eigenvalue weighted by molar-refractivity contribution is 7.99. The summed E-state index contributed by atoms with van der Waals surface area (Å²) < 4.78 is 9.75. The predicted octanol–water partition coefficient (Wildman–Crippen LogP) is -1.10. The minimum Gasteiger partial charge on any atom is -0.447 e. The Kier molecular flexibility index (Phi) is 6.87. The molecule has 1 heterocycles. The van der Waals surface area contributed by atoms with Crippen molar-refractivity contribution in [1.29, 1.82) is 0 Å². The molecule has 112 valence electrons. The quantitative estimate of drug-likeness (QED) is 0.554. The molecule has 0 aromatic heterocycles. The Hall–Kier alpha value is -0.540. The third kappa shape index (κ3) is 3.96. The molecule has 1 fully saturated rings. The zero-order chi connectivity index (χ0) is 14.4. The Morgan fingerprint density at radius 3 is 2.58 bits per heavy atom. The highest BCUT2D eigenvalue weighted by Gasteiger charge is 2.44. The van der Waals surface area contributed by atoms with Gasteiger partial charge in [-0.3, -0.25) is 4.90 Å². The molecule has 1 amide bonds. The van der Waals surface area contributed by atoms with Crippen molar-refractivity contribution < 1.29 is 29.6 Å². The molecule has 0 saturated carbocycles. The van der Waals surface area contributed by atoms with Crippen LogP contribution in [-0.4, -0.2) is 89.5 Å². The zero-order valence-electron chi connectivity index (χ0n) is 11.1. The molecule has 1 unspecified atom stereocenters. The maximum atomic E-state index is 11.9. The number of amides is 1. The second-order valence-electron chi connectivity index (χ2n) is 4.26. The SMILES string of the molecule is COCCOC(=O)N1C[C@H](SC)[C@@H](O)[C@H](O)C1CO. The number of carbonyl (C=O) groups is 1. The van der Waals surface area contributed by atoms with Crippen molar-refractivity contribution in [2.75, 3.05) is 39.7 Å². The monoisotopic (exact) mass is 295 g/mol. The minimum atomic E-state index is -1.19. The van der Waals surface area contributed by atoms with E-state index >= 15 is 0 Å². The van der Waals surface area contributed by atoms with Gasteiger partial charge >= 0.3 is 6.09 Å². The number of nitrogens with zero attached hydrogens (tertiary/aromatic N) is 1. The van der Waals surface area contributed by atoms with Gasteiger partial charge < -0.3 is 24.8 Å². The van der Waals surface area contributed by atoms with Crippen molar-refractivity contribution in [3.63, 3.8) is 0 Å². The maximum absolute atomic E-state index is 11.9. The lowest BCUT2D eigenvalue weighted by molar-refractivity contribution is -0.0809. The Bertz CT molecular complexity index is 292. The Morgan fingerprint density at radius 1 is 1.37 bits per heavy atom. The standard InChI is InChI=1S/C11H21NO6S/c1-17-3-4-18-11(16)12-5-8(19-2)10(15)9(14)7(12)6-13/h7-10,13-15H,3-6H2,1-2H3/t7?,8-,9+,10+/m0/s1. The Labute approximate surface area is 116 Å². The van der Waals surface area contributed by atoms with Crippen LogP contribution in [0.5, 0.6) is 0 Å². The van der Waals surface area contributed by atoms with Crippen molar-refractivity contribution >= 4 is 17.9 Å². The van der Waals surface area contributed by atoms with Gasteiger partial charge in [-0.15, -0.1) is 0 Å². The first-order valence-electron chi connectivity index (χ1n) is 5.98. The second kappa shape index (κ2) is 7.91. The maximum Gasteiger partial charge on any atom is 0.410 e. The molecular formula is C11H21NO6S. The van der Waals surface area contributed by atoms with Gasteiger partial charge in [-0.05, 0) is 6.26 Å². The number of methoxy groups -OCH3 is 1. The van der Waals surface area contributed by atoms with Gasteiger partial charge in [0.25, 0.3) is 0 Å². The summed E-state index contributed by atoms with van der Waals surface area (Å²) in [4.78, 5) is 13.1. The topological polar surface area (TPSA) is 99.5 Å². The molecule has 3 N–H and O–H groups in total. The summed E-state index contributed by atoms with van der Waals surface area (Å²) in [5.41, 5.74) is 0. The summed E-state index contributed by atoms with van der Waals surface area (Å²) in [7, 11) is 1.50. The van der Waals surface area contributed by atoms with Crippen molar-refractivity contribution in [2.45, 2.75) is 23.5 Å². The molecule has 1 aliphatic heterocycles. The van der Waals surface area contributed by atoms with Crippen molar-refractivity contribution in [1.82, 2.24) is 4.90 Å². The molecule has 0 radical (unpaired) electrons. The molecule has 1 aliphatic rings. The predicted molar refractivity (Wildman–Crippen MR) is 70.1 cm³/mol. The normalized spacial score (nSPS) is 31.3. The first-order chi connectivity index (χ1) is 9.06. The van der Waals surface area contributed by atoms with Crippen LogP contribution in [0.15, 0.2) is 0 Å². The first-order valence-corrected chi connectivity index (χ1v) is 7.27. The van der Waals surface area contributed by atoms with Crippen molar-refractivity contribution in [3.05, 3.63) is 0 Å². The fraction of sp³-hybridized carbons (Fsp3) is 0.909. The molecule has 0 aromatic carbocycles. The lowest BCUT2D eigenvalue weighted by atomic mass is 9.96. The number of rotatable bonds is 5. The highest BCUT2D eigenvalue weighted by Crippen LogP contribution is 2.26. The highest BCUT2D eigenvalue weighted by atomic mass is 32.2. The largest absolute Gasteiger partial charge is 0.447 e. The van der Waals surface area contributed by atoms with Crippen molar-refractivity contribution in [3.8, 4) is 0 Å². The molecule has 1 saturated heterocycles. The molecular weight excluding hydrogens is 274 g/mol. The Morgan fingerprint density at radius 2 is 2.05 bits per heavy atom.